The number of para-hydroxylation sites is 1. The second-order valence-electron chi connectivity index (χ2n) is 6.21. The Kier molecular flexibility index (Phi) is 12.3. The van der Waals surface area contributed by atoms with E-state index in [2.05, 4.69) is 20.9 Å². The number of hydrogen-bond acceptors (Lipinski definition) is 4. The van der Waals surface area contributed by atoms with Crippen molar-refractivity contribution >= 4 is 35.8 Å². The minimum atomic E-state index is -0.132. The molecule has 164 valence electrons. The summed E-state index contributed by atoms with van der Waals surface area (Å²) in [5.41, 5.74) is 2.09. The predicted octanol–water partition coefficient (Wildman–Crippen LogP) is 3.08. The van der Waals surface area contributed by atoms with Gasteiger partial charge in [0.15, 0.2) is 12.6 Å². The number of hydrogen-bond donors (Lipinski definition) is 3. The van der Waals surface area contributed by atoms with E-state index in [1.165, 1.54) is 0 Å². The van der Waals surface area contributed by atoms with Gasteiger partial charge < -0.3 is 25.4 Å². The Morgan fingerprint density at radius 2 is 1.73 bits per heavy atom. The molecule has 1 amide bonds. The van der Waals surface area contributed by atoms with Gasteiger partial charge in [-0.2, -0.15) is 0 Å². The zero-order valence-electron chi connectivity index (χ0n) is 17.7. The number of guanidine groups is 1. The third kappa shape index (κ3) is 8.89. The topological polar surface area (TPSA) is 84.0 Å². The van der Waals surface area contributed by atoms with Crippen molar-refractivity contribution in [3.63, 3.8) is 0 Å². The van der Waals surface area contributed by atoms with Crippen LogP contribution in [0.25, 0.3) is 0 Å². The Labute approximate surface area is 195 Å². The molecule has 0 saturated heterocycles. The summed E-state index contributed by atoms with van der Waals surface area (Å²) in [5.74, 6) is 2.08. The molecule has 7 nitrogen and oxygen atoms in total. The molecule has 0 bridgehead atoms. The number of benzene rings is 2. The van der Waals surface area contributed by atoms with Crippen LogP contribution in [-0.2, 0) is 17.9 Å². The van der Waals surface area contributed by atoms with Crippen LogP contribution in [0, 0.1) is 0 Å². The first kappa shape index (κ1) is 25.5. The normalized spacial score (nSPS) is 10.6. The Morgan fingerprint density at radius 1 is 0.967 bits per heavy atom. The van der Waals surface area contributed by atoms with E-state index in [1.807, 2.05) is 62.4 Å². The third-order valence-corrected chi connectivity index (χ3v) is 4.04. The van der Waals surface area contributed by atoms with Crippen molar-refractivity contribution < 1.29 is 14.3 Å². The fourth-order valence-electron chi connectivity index (χ4n) is 2.67. The second kappa shape index (κ2) is 14.5. The number of aliphatic imine (C=N–C) groups is 1. The zero-order valence-corrected chi connectivity index (χ0v) is 20.1. The molecule has 0 fully saturated rings. The average molecular weight is 526 g/mol. The summed E-state index contributed by atoms with van der Waals surface area (Å²) in [4.78, 5) is 15.8. The SMILES string of the molecule is CCNC(=O)COc1cccc(CNC(=NC)NCc2ccccc2OCC)c1.I. The van der Waals surface area contributed by atoms with Crippen molar-refractivity contribution in [3.05, 3.63) is 59.7 Å². The van der Waals surface area contributed by atoms with Crippen LogP contribution in [0.4, 0.5) is 0 Å². The maximum absolute atomic E-state index is 11.5. The van der Waals surface area contributed by atoms with E-state index in [1.54, 1.807) is 7.05 Å². The monoisotopic (exact) mass is 526 g/mol. The van der Waals surface area contributed by atoms with Crippen LogP contribution in [0.3, 0.4) is 0 Å². The van der Waals surface area contributed by atoms with Gasteiger partial charge in [-0.15, -0.1) is 24.0 Å². The lowest BCUT2D eigenvalue weighted by Gasteiger charge is -2.15. The first-order chi connectivity index (χ1) is 14.2. The number of nitrogens with zero attached hydrogens (tertiary/aromatic N) is 1. The predicted molar refractivity (Wildman–Crippen MR) is 131 cm³/mol. The summed E-state index contributed by atoms with van der Waals surface area (Å²) in [5, 5.41) is 9.29. The highest BCUT2D eigenvalue weighted by atomic mass is 127. The van der Waals surface area contributed by atoms with E-state index in [4.69, 9.17) is 9.47 Å². The van der Waals surface area contributed by atoms with Crippen molar-refractivity contribution in [2.45, 2.75) is 26.9 Å². The fraction of sp³-hybridized carbons (Fsp3) is 0.364. The molecule has 30 heavy (non-hydrogen) atoms. The fourth-order valence-corrected chi connectivity index (χ4v) is 2.67. The number of rotatable bonds is 10. The van der Waals surface area contributed by atoms with Crippen molar-refractivity contribution in [1.82, 2.24) is 16.0 Å². The molecule has 0 heterocycles. The highest BCUT2D eigenvalue weighted by molar-refractivity contribution is 14.0. The van der Waals surface area contributed by atoms with Crippen LogP contribution in [0.2, 0.25) is 0 Å². The van der Waals surface area contributed by atoms with E-state index in [0.717, 1.165) is 16.9 Å². The molecule has 0 spiro atoms. The Balaban J connectivity index is 0.00000450. The van der Waals surface area contributed by atoms with Crippen molar-refractivity contribution in [3.8, 4) is 11.5 Å². The van der Waals surface area contributed by atoms with Crippen LogP contribution in [0.1, 0.15) is 25.0 Å². The molecule has 0 aliphatic rings. The van der Waals surface area contributed by atoms with E-state index in [0.29, 0.717) is 38.0 Å². The van der Waals surface area contributed by atoms with Gasteiger partial charge in [-0.1, -0.05) is 30.3 Å². The lowest BCUT2D eigenvalue weighted by molar-refractivity contribution is -0.122. The summed E-state index contributed by atoms with van der Waals surface area (Å²) in [6.45, 7) is 6.25. The van der Waals surface area contributed by atoms with Gasteiger partial charge in [0.1, 0.15) is 11.5 Å². The number of ether oxygens (including phenoxy) is 2. The molecule has 8 heteroatoms. The summed E-state index contributed by atoms with van der Waals surface area (Å²) >= 11 is 0. The van der Waals surface area contributed by atoms with Crippen LogP contribution in [0.5, 0.6) is 11.5 Å². The van der Waals surface area contributed by atoms with Gasteiger partial charge in [-0.3, -0.25) is 9.79 Å². The highest BCUT2D eigenvalue weighted by Gasteiger charge is 2.05. The van der Waals surface area contributed by atoms with Crippen LogP contribution < -0.4 is 25.4 Å². The molecule has 3 N–H and O–H groups in total. The second-order valence-corrected chi connectivity index (χ2v) is 6.21. The van der Waals surface area contributed by atoms with Crippen LogP contribution in [0.15, 0.2) is 53.5 Å². The van der Waals surface area contributed by atoms with Gasteiger partial charge in [0.05, 0.1) is 6.61 Å². The molecule has 2 aromatic rings. The van der Waals surface area contributed by atoms with Gasteiger partial charge in [0.2, 0.25) is 0 Å². The van der Waals surface area contributed by atoms with Gasteiger partial charge in [0.25, 0.3) is 5.91 Å². The maximum Gasteiger partial charge on any atom is 0.257 e. The largest absolute Gasteiger partial charge is 0.494 e. The summed E-state index contributed by atoms with van der Waals surface area (Å²) in [7, 11) is 1.73. The standard InChI is InChI=1S/C22H30N4O3.HI/c1-4-24-21(27)16-29-19-11-8-9-17(13-19)14-25-22(23-3)26-15-18-10-6-7-12-20(18)28-5-2;/h6-13H,4-5,14-16H2,1-3H3,(H,24,27)(H2,23,25,26);1H. The summed E-state index contributed by atoms with van der Waals surface area (Å²) in [6.07, 6.45) is 0. The first-order valence-corrected chi connectivity index (χ1v) is 9.79. The molecular weight excluding hydrogens is 495 g/mol. The third-order valence-electron chi connectivity index (χ3n) is 4.04. The quantitative estimate of drug-likeness (QED) is 0.252. The van der Waals surface area contributed by atoms with Crippen molar-refractivity contribution in [2.75, 3.05) is 26.8 Å². The highest BCUT2D eigenvalue weighted by Crippen LogP contribution is 2.17. The lowest BCUT2D eigenvalue weighted by atomic mass is 10.2. The molecule has 0 unspecified atom stereocenters. The molecule has 2 aromatic carbocycles. The molecule has 0 radical (unpaired) electrons. The van der Waals surface area contributed by atoms with Crippen molar-refractivity contribution in [1.29, 1.82) is 0 Å². The van der Waals surface area contributed by atoms with Gasteiger partial charge in [0, 0.05) is 32.2 Å². The zero-order chi connectivity index (χ0) is 20.9. The molecule has 0 aliphatic heterocycles. The number of amides is 1. The molecule has 0 aromatic heterocycles. The van der Waals surface area contributed by atoms with E-state index >= 15 is 0 Å². The van der Waals surface area contributed by atoms with Gasteiger partial charge in [-0.05, 0) is 37.6 Å². The minimum absolute atomic E-state index is 0. The summed E-state index contributed by atoms with van der Waals surface area (Å²) in [6, 6.07) is 15.6. The molecular formula is C22H31IN4O3. The van der Waals surface area contributed by atoms with Crippen LogP contribution >= 0.6 is 24.0 Å². The van der Waals surface area contributed by atoms with Gasteiger partial charge >= 0.3 is 0 Å². The minimum Gasteiger partial charge on any atom is -0.494 e. The van der Waals surface area contributed by atoms with E-state index < -0.39 is 0 Å². The van der Waals surface area contributed by atoms with E-state index in [-0.39, 0.29) is 36.5 Å². The van der Waals surface area contributed by atoms with Crippen LogP contribution in [-0.4, -0.2) is 38.7 Å². The number of halogens is 1. The number of nitrogens with one attached hydrogen (secondary N) is 3. The Bertz CT molecular complexity index is 814. The number of likely N-dealkylation sites (N-methyl/N-ethyl adjacent to an activating group) is 1. The number of carbonyl (C=O) groups excluding carboxylic acids is 1. The Morgan fingerprint density at radius 3 is 2.47 bits per heavy atom. The molecule has 0 atom stereocenters. The number of carbonyl (C=O) groups is 1. The lowest BCUT2D eigenvalue weighted by Crippen LogP contribution is -2.36. The van der Waals surface area contributed by atoms with Crippen molar-refractivity contribution in [2.24, 2.45) is 4.99 Å². The van der Waals surface area contributed by atoms with Gasteiger partial charge in [-0.25, -0.2) is 0 Å². The smallest absolute Gasteiger partial charge is 0.257 e. The first-order valence-electron chi connectivity index (χ1n) is 9.79. The van der Waals surface area contributed by atoms with E-state index in [9.17, 15) is 4.79 Å². The molecule has 0 saturated carbocycles. The maximum atomic E-state index is 11.5. The molecule has 0 aliphatic carbocycles. The Hall–Kier alpha value is -2.49. The summed E-state index contributed by atoms with van der Waals surface area (Å²) < 4.78 is 11.2. The average Bonchev–Trinajstić information content (AvgIpc) is 2.74. The molecule has 2 rings (SSSR count).